The maximum absolute atomic E-state index is 10.4. The maximum atomic E-state index is 10.4. The van der Waals surface area contributed by atoms with Crippen molar-refractivity contribution in [3.63, 3.8) is 0 Å². The third-order valence-corrected chi connectivity index (χ3v) is 2.08. The van der Waals surface area contributed by atoms with Crippen LogP contribution in [0.15, 0.2) is 0 Å². The molecule has 2 N–H and O–H groups in total. The summed E-state index contributed by atoms with van der Waals surface area (Å²) in [6.45, 7) is 0. The monoisotopic (exact) mass is 176 g/mol. The van der Waals surface area contributed by atoms with Gasteiger partial charge in [-0.05, 0) is 12.8 Å². The fourth-order valence-corrected chi connectivity index (χ4v) is 1.29. The molecule has 64 valence electrons. The summed E-state index contributed by atoms with van der Waals surface area (Å²) in [5.74, 6) is 0.0262. The molecule has 0 aromatic heterocycles. The van der Waals surface area contributed by atoms with Crippen molar-refractivity contribution in [3.8, 4) is 6.07 Å². The molecule has 0 atom stereocenters. The fraction of sp³-hybridized carbons (Fsp3) is 0.833. The molecule has 0 unspecified atom stereocenters. The Balaban J connectivity index is 3.24. The molecule has 4 nitrogen and oxygen atoms in total. The summed E-state index contributed by atoms with van der Waals surface area (Å²) in [4.78, 5) is 0. The van der Waals surface area contributed by atoms with Crippen molar-refractivity contribution in [1.82, 2.24) is 0 Å². The molecular formula is C6H12N2O2S. The van der Waals surface area contributed by atoms with E-state index in [2.05, 4.69) is 0 Å². The minimum absolute atomic E-state index is 0.0262. The molecule has 0 fully saturated rings. The first-order valence-corrected chi connectivity index (χ1v) is 5.15. The molecule has 0 rings (SSSR count). The first-order valence-electron chi connectivity index (χ1n) is 3.43. The first-order chi connectivity index (χ1) is 5.06. The van der Waals surface area contributed by atoms with E-state index in [0.29, 0.717) is 12.8 Å². The van der Waals surface area contributed by atoms with Crippen molar-refractivity contribution in [2.45, 2.75) is 25.7 Å². The second-order valence-electron chi connectivity index (χ2n) is 2.34. The Bertz CT molecular complexity index is 227. The molecule has 5 heteroatoms. The third-order valence-electron chi connectivity index (χ3n) is 1.22. The van der Waals surface area contributed by atoms with Crippen LogP contribution < -0.4 is 5.14 Å². The first kappa shape index (κ1) is 10.4. The van der Waals surface area contributed by atoms with Gasteiger partial charge in [0.15, 0.2) is 0 Å². The van der Waals surface area contributed by atoms with Crippen LogP contribution in [-0.2, 0) is 10.0 Å². The molecule has 0 bridgehead atoms. The highest BCUT2D eigenvalue weighted by atomic mass is 32.2. The van der Waals surface area contributed by atoms with Crippen molar-refractivity contribution < 1.29 is 8.42 Å². The normalized spacial score (nSPS) is 10.9. The lowest BCUT2D eigenvalue weighted by Crippen LogP contribution is -2.16. The lowest BCUT2D eigenvalue weighted by molar-refractivity contribution is 0.592. The molecule has 0 heterocycles. The predicted molar refractivity (Wildman–Crippen MR) is 42.1 cm³/mol. The standard InChI is InChI=1S/C6H12N2O2S/c7-5-3-1-2-4-6-11(8,9)10/h1-4,6H2,(H2,8,9,10). The molecule has 0 radical (unpaired) electrons. The van der Waals surface area contributed by atoms with Gasteiger partial charge in [0.1, 0.15) is 0 Å². The Labute approximate surface area is 67.1 Å². The Morgan fingerprint density at radius 1 is 1.27 bits per heavy atom. The van der Waals surface area contributed by atoms with E-state index in [0.717, 1.165) is 12.8 Å². The van der Waals surface area contributed by atoms with Gasteiger partial charge in [0.25, 0.3) is 0 Å². The molecule has 0 spiro atoms. The van der Waals surface area contributed by atoms with Gasteiger partial charge >= 0.3 is 0 Å². The number of unbranched alkanes of at least 4 members (excludes halogenated alkanes) is 3. The zero-order valence-corrected chi connectivity index (χ0v) is 7.10. The van der Waals surface area contributed by atoms with Crippen LogP contribution in [0.2, 0.25) is 0 Å². The van der Waals surface area contributed by atoms with E-state index in [-0.39, 0.29) is 5.75 Å². The van der Waals surface area contributed by atoms with E-state index in [1.54, 1.807) is 0 Å². The minimum atomic E-state index is -3.29. The third kappa shape index (κ3) is 9.40. The van der Waals surface area contributed by atoms with Crippen molar-refractivity contribution in [2.24, 2.45) is 5.14 Å². The highest BCUT2D eigenvalue weighted by Crippen LogP contribution is 1.99. The fourth-order valence-electron chi connectivity index (χ4n) is 0.684. The summed E-state index contributed by atoms with van der Waals surface area (Å²) < 4.78 is 20.8. The van der Waals surface area contributed by atoms with Crippen LogP contribution in [-0.4, -0.2) is 14.2 Å². The number of hydrogen-bond donors (Lipinski definition) is 1. The van der Waals surface area contributed by atoms with Gasteiger partial charge in [-0.3, -0.25) is 0 Å². The lowest BCUT2D eigenvalue weighted by atomic mass is 10.2. The Hall–Kier alpha value is -0.600. The SMILES string of the molecule is N#CCCCCCS(N)(=O)=O. The number of hydrogen-bond acceptors (Lipinski definition) is 3. The smallest absolute Gasteiger partial charge is 0.209 e. The van der Waals surface area contributed by atoms with Crippen LogP contribution >= 0.6 is 0 Å². The molecule has 0 amide bonds. The average molecular weight is 176 g/mol. The van der Waals surface area contributed by atoms with Gasteiger partial charge in [-0.1, -0.05) is 6.42 Å². The summed E-state index contributed by atoms with van der Waals surface area (Å²) in [5, 5.41) is 12.9. The number of nitriles is 1. The summed E-state index contributed by atoms with van der Waals surface area (Å²) >= 11 is 0. The van der Waals surface area contributed by atoms with Crippen LogP contribution in [0.1, 0.15) is 25.7 Å². The van der Waals surface area contributed by atoms with E-state index in [1.807, 2.05) is 6.07 Å². The van der Waals surface area contributed by atoms with Crippen LogP contribution in [0.3, 0.4) is 0 Å². The molecule has 0 aromatic rings. The zero-order chi connectivity index (χ0) is 8.74. The lowest BCUT2D eigenvalue weighted by Gasteiger charge is -1.95. The molecule has 0 saturated carbocycles. The topological polar surface area (TPSA) is 83.9 Å². The zero-order valence-electron chi connectivity index (χ0n) is 6.28. The van der Waals surface area contributed by atoms with Gasteiger partial charge in [0.2, 0.25) is 10.0 Å². The number of sulfonamides is 1. The van der Waals surface area contributed by atoms with Crippen LogP contribution in [0.25, 0.3) is 0 Å². The van der Waals surface area contributed by atoms with Gasteiger partial charge in [-0.25, -0.2) is 13.6 Å². The number of rotatable bonds is 5. The van der Waals surface area contributed by atoms with Crippen molar-refractivity contribution in [1.29, 1.82) is 5.26 Å². The summed E-state index contributed by atoms with van der Waals surface area (Å²) in [6, 6.07) is 1.98. The largest absolute Gasteiger partial charge is 0.229 e. The Kier molecular flexibility index (Phi) is 4.83. The van der Waals surface area contributed by atoms with Gasteiger partial charge in [-0.2, -0.15) is 5.26 Å². The van der Waals surface area contributed by atoms with E-state index in [1.165, 1.54) is 0 Å². The van der Waals surface area contributed by atoms with Crippen LogP contribution in [0.5, 0.6) is 0 Å². The van der Waals surface area contributed by atoms with E-state index < -0.39 is 10.0 Å². The highest BCUT2D eigenvalue weighted by Gasteiger charge is 2.00. The van der Waals surface area contributed by atoms with E-state index in [9.17, 15) is 8.42 Å². The van der Waals surface area contributed by atoms with Gasteiger partial charge in [0.05, 0.1) is 11.8 Å². The highest BCUT2D eigenvalue weighted by molar-refractivity contribution is 7.89. The quantitative estimate of drug-likeness (QED) is 0.614. The Morgan fingerprint density at radius 3 is 2.36 bits per heavy atom. The second-order valence-corrected chi connectivity index (χ2v) is 4.07. The summed E-state index contributed by atoms with van der Waals surface area (Å²) in [7, 11) is -3.29. The predicted octanol–water partition coefficient (Wildman–Crippen LogP) is 0.359. The van der Waals surface area contributed by atoms with Crippen LogP contribution in [0, 0.1) is 11.3 Å². The molecule has 0 aliphatic heterocycles. The van der Waals surface area contributed by atoms with Crippen molar-refractivity contribution in [2.75, 3.05) is 5.75 Å². The van der Waals surface area contributed by atoms with Gasteiger partial charge < -0.3 is 0 Å². The second kappa shape index (κ2) is 5.10. The maximum Gasteiger partial charge on any atom is 0.209 e. The Morgan fingerprint density at radius 2 is 1.91 bits per heavy atom. The molecule has 11 heavy (non-hydrogen) atoms. The molecule has 0 aliphatic rings. The van der Waals surface area contributed by atoms with E-state index >= 15 is 0 Å². The molecular weight excluding hydrogens is 164 g/mol. The number of nitrogens with two attached hydrogens (primary N) is 1. The molecule has 0 aliphatic carbocycles. The van der Waals surface area contributed by atoms with Gasteiger partial charge in [0, 0.05) is 6.42 Å². The molecule has 0 aromatic carbocycles. The van der Waals surface area contributed by atoms with E-state index in [4.69, 9.17) is 10.4 Å². The molecule has 0 saturated heterocycles. The summed E-state index contributed by atoms with van der Waals surface area (Å²) in [5.41, 5.74) is 0. The van der Waals surface area contributed by atoms with Crippen LogP contribution in [0.4, 0.5) is 0 Å². The number of nitrogens with zero attached hydrogens (tertiary/aromatic N) is 1. The van der Waals surface area contributed by atoms with Crippen molar-refractivity contribution in [3.05, 3.63) is 0 Å². The minimum Gasteiger partial charge on any atom is -0.229 e. The summed E-state index contributed by atoms with van der Waals surface area (Å²) in [6.07, 6.45) is 2.56. The van der Waals surface area contributed by atoms with Gasteiger partial charge in [-0.15, -0.1) is 0 Å². The average Bonchev–Trinajstić information content (AvgIpc) is 1.85. The van der Waals surface area contributed by atoms with Crippen molar-refractivity contribution >= 4 is 10.0 Å². The number of primary sulfonamides is 1.